The number of aliphatic carboxylic acids is 1. The highest BCUT2D eigenvalue weighted by atomic mass is 16.5. The van der Waals surface area contributed by atoms with E-state index in [1.54, 1.807) is 18.2 Å². The SMILES string of the molecule is COc1cc(C(CC2C=C[C@H](O)C(OC)C2)C(=O)O)ccc1O. The van der Waals surface area contributed by atoms with Gasteiger partial charge in [0.1, 0.15) is 0 Å². The monoisotopic (exact) mass is 322 g/mol. The molecule has 6 heteroatoms. The second kappa shape index (κ2) is 7.48. The molecule has 0 saturated carbocycles. The Hall–Kier alpha value is -2.05. The number of hydrogen-bond acceptors (Lipinski definition) is 5. The highest BCUT2D eigenvalue weighted by Gasteiger charge is 2.30. The van der Waals surface area contributed by atoms with Crippen LogP contribution in [-0.2, 0) is 9.53 Å². The number of hydrogen-bond donors (Lipinski definition) is 3. The van der Waals surface area contributed by atoms with Gasteiger partial charge in [-0.1, -0.05) is 18.2 Å². The largest absolute Gasteiger partial charge is 0.504 e. The van der Waals surface area contributed by atoms with Crippen LogP contribution >= 0.6 is 0 Å². The van der Waals surface area contributed by atoms with Crippen molar-refractivity contribution in [2.24, 2.45) is 5.92 Å². The lowest BCUT2D eigenvalue weighted by molar-refractivity contribution is -0.139. The van der Waals surface area contributed by atoms with Crippen LogP contribution < -0.4 is 4.74 Å². The molecule has 0 heterocycles. The highest BCUT2D eigenvalue weighted by Crippen LogP contribution is 2.35. The van der Waals surface area contributed by atoms with E-state index in [1.165, 1.54) is 20.3 Å². The Labute approximate surface area is 135 Å². The molecule has 1 aromatic rings. The number of methoxy groups -OCH3 is 2. The summed E-state index contributed by atoms with van der Waals surface area (Å²) in [5, 5.41) is 29.0. The van der Waals surface area contributed by atoms with Gasteiger partial charge in [-0.05, 0) is 36.5 Å². The van der Waals surface area contributed by atoms with Crippen molar-refractivity contribution in [1.29, 1.82) is 0 Å². The lowest BCUT2D eigenvalue weighted by atomic mass is 9.82. The molecule has 1 aliphatic rings. The van der Waals surface area contributed by atoms with Crippen molar-refractivity contribution in [2.45, 2.75) is 31.0 Å². The van der Waals surface area contributed by atoms with Crippen LogP contribution in [0.15, 0.2) is 30.4 Å². The summed E-state index contributed by atoms with van der Waals surface area (Å²) in [6.07, 6.45) is 3.45. The molecule has 126 valence electrons. The quantitative estimate of drug-likeness (QED) is 0.692. The molecule has 0 aromatic heterocycles. The first-order chi connectivity index (χ1) is 11.0. The zero-order chi connectivity index (χ0) is 17.0. The number of phenols is 1. The van der Waals surface area contributed by atoms with E-state index in [4.69, 9.17) is 9.47 Å². The Morgan fingerprint density at radius 2 is 2.09 bits per heavy atom. The van der Waals surface area contributed by atoms with Crippen molar-refractivity contribution in [2.75, 3.05) is 14.2 Å². The Kier molecular flexibility index (Phi) is 5.63. The molecule has 1 aliphatic carbocycles. The zero-order valence-corrected chi connectivity index (χ0v) is 13.2. The minimum atomic E-state index is -0.939. The number of benzene rings is 1. The summed E-state index contributed by atoms with van der Waals surface area (Å²) >= 11 is 0. The second-order valence-electron chi connectivity index (χ2n) is 5.70. The van der Waals surface area contributed by atoms with Gasteiger partial charge in [0.15, 0.2) is 11.5 Å². The van der Waals surface area contributed by atoms with E-state index in [0.717, 1.165) is 0 Å². The third kappa shape index (κ3) is 4.03. The molecule has 6 nitrogen and oxygen atoms in total. The first-order valence-corrected chi connectivity index (χ1v) is 7.45. The molecule has 0 bridgehead atoms. The lowest BCUT2D eigenvalue weighted by Gasteiger charge is -2.29. The predicted molar refractivity (Wildman–Crippen MR) is 83.7 cm³/mol. The summed E-state index contributed by atoms with van der Waals surface area (Å²) in [6.45, 7) is 0. The summed E-state index contributed by atoms with van der Waals surface area (Å²) < 4.78 is 10.3. The fraction of sp³-hybridized carbons (Fsp3) is 0.471. The molecule has 4 atom stereocenters. The second-order valence-corrected chi connectivity index (χ2v) is 5.70. The molecule has 3 N–H and O–H groups in total. The van der Waals surface area contributed by atoms with Gasteiger partial charge in [0.25, 0.3) is 0 Å². The van der Waals surface area contributed by atoms with Crippen molar-refractivity contribution in [3.8, 4) is 11.5 Å². The molecule has 0 radical (unpaired) electrons. The first-order valence-electron chi connectivity index (χ1n) is 7.45. The normalized spacial score (nSPS) is 25.1. The third-order valence-corrected chi connectivity index (χ3v) is 4.24. The first kappa shape index (κ1) is 17.3. The lowest BCUT2D eigenvalue weighted by Crippen LogP contribution is -2.32. The van der Waals surface area contributed by atoms with Crippen LogP contribution in [0.2, 0.25) is 0 Å². The molecular weight excluding hydrogens is 300 g/mol. The molecular formula is C17H22O6. The number of aliphatic hydroxyl groups is 1. The number of carboxylic acids is 1. The highest BCUT2D eigenvalue weighted by molar-refractivity contribution is 5.76. The van der Waals surface area contributed by atoms with Gasteiger partial charge in [0.05, 0.1) is 25.2 Å². The Morgan fingerprint density at radius 3 is 2.70 bits per heavy atom. The predicted octanol–water partition coefficient (Wildman–Crippen LogP) is 1.91. The molecule has 0 amide bonds. The van der Waals surface area contributed by atoms with Crippen molar-refractivity contribution in [3.63, 3.8) is 0 Å². The number of carbonyl (C=O) groups is 1. The maximum atomic E-state index is 11.7. The van der Waals surface area contributed by atoms with Gasteiger partial charge in [-0.25, -0.2) is 0 Å². The maximum Gasteiger partial charge on any atom is 0.310 e. The van der Waals surface area contributed by atoms with Crippen LogP contribution in [0.1, 0.15) is 24.3 Å². The van der Waals surface area contributed by atoms with E-state index in [0.29, 0.717) is 18.4 Å². The van der Waals surface area contributed by atoms with Crippen molar-refractivity contribution in [1.82, 2.24) is 0 Å². The fourth-order valence-corrected chi connectivity index (χ4v) is 2.91. The summed E-state index contributed by atoms with van der Waals surface area (Å²) in [5.41, 5.74) is 0.570. The van der Waals surface area contributed by atoms with Crippen LogP contribution in [0.5, 0.6) is 11.5 Å². The van der Waals surface area contributed by atoms with Crippen LogP contribution in [0.3, 0.4) is 0 Å². The molecule has 0 aliphatic heterocycles. The number of allylic oxidation sites excluding steroid dienone is 1. The van der Waals surface area contributed by atoms with E-state index < -0.39 is 18.0 Å². The van der Waals surface area contributed by atoms with Crippen molar-refractivity contribution in [3.05, 3.63) is 35.9 Å². The average Bonchev–Trinajstić information content (AvgIpc) is 2.54. The summed E-state index contributed by atoms with van der Waals surface area (Å²) in [4.78, 5) is 11.7. The van der Waals surface area contributed by atoms with E-state index >= 15 is 0 Å². The standard InChI is InChI=1S/C17H22O6/c1-22-15-8-10(3-5-13(15)18)7-12(17(20)21)11-4-6-14(19)16(9-11)23-2/h3-6,9-10,12-13,15,18-19H,7-8H2,1-2H3,(H,20,21)/t10?,12?,13-,15?/m0/s1. The Bertz CT molecular complexity index is 582. The Morgan fingerprint density at radius 1 is 1.35 bits per heavy atom. The van der Waals surface area contributed by atoms with Crippen LogP contribution in [0.25, 0.3) is 0 Å². The van der Waals surface area contributed by atoms with Crippen LogP contribution in [0, 0.1) is 5.92 Å². The summed E-state index contributed by atoms with van der Waals surface area (Å²) in [5.74, 6) is -1.46. The minimum Gasteiger partial charge on any atom is -0.504 e. The van der Waals surface area contributed by atoms with E-state index in [-0.39, 0.29) is 23.5 Å². The fourth-order valence-electron chi connectivity index (χ4n) is 2.91. The van der Waals surface area contributed by atoms with E-state index in [2.05, 4.69) is 0 Å². The topological polar surface area (TPSA) is 96.2 Å². The van der Waals surface area contributed by atoms with Gasteiger partial charge < -0.3 is 24.8 Å². The van der Waals surface area contributed by atoms with Gasteiger partial charge >= 0.3 is 5.97 Å². The molecule has 23 heavy (non-hydrogen) atoms. The van der Waals surface area contributed by atoms with Crippen LogP contribution in [-0.4, -0.2) is 47.7 Å². The van der Waals surface area contributed by atoms with Crippen molar-refractivity contribution >= 4 is 5.97 Å². The van der Waals surface area contributed by atoms with Crippen molar-refractivity contribution < 1.29 is 29.6 Å². The number of aromatic hydroxyl groups is 1. The number of aliphatic hydroxyl groups excluding tert-OH is 1. The summed E-state index contributed by atoms with van der Waals surface area (Å²) in [7, 11) is 2.95. The van der Waals surface area contributed by atoms with Gasteiger partial charge in [-0.15, -0.1) is 0 Å². The Balaban J connectivity index is 2.20. The van der Waals surface area contributed by atoms with Gasteiger partial charge in [-0.2, -0.15) is 0 Å². The maximum absolute atomic E-state index is 11.7. The molecule has 3 unspecified atom stereocenters. The number of carboxylic acid groups (broad SMARTS) is 1. The number of rotatable bonds is 6. The van der Waals surface area contributed by atoms with E-state index in [9.17, 15) is 20.1 Å². The molecule has 0 saturated heterocycles. The molecule has 2 rings (SSSR count). The third-order valence-electron chi connectivity index (χ3n) is 4.24. The summed E-state index contributed by atoms with van der Waals surface area (Å²) in [6, 6.07) is 4.57. The van der Waals surface area contributed by atoms with Gasteiger partial charge in [0, 0.05) is 7.11 Å². The van der Waals surface area contributed by atoms with Crippen LogP contribution in [0.4, 0.5) is 0 Å². The van der Waals surface area contributed by atoms with Gasteiger partial charge in [0.2, 0.25) is 0 Å². The smallest absolute Gasteiger partial charge is 0.310 e. The molecule has 1 aromatic carbocycles. The minimum absolute atomic E-state index is 0.00996. The number of ether oxygens (including phenoxy) is 2. The zero-order valence-electron chi connectivity index (χ0n) is 13.2. The van der Waals surface area contributed by atoms with E-state index in [1.807, 2.05) is 6.08 Å². The number of phenolic OH excluding ortho intramolecular Hbond substituents is 1. The molecule has 0 fully saturated rings. The van der Waals surface area contributed by atoms with Gasteiger partial charge in [-0.3, -0.25) is 4.79 Å². The molecule has 0 spiro atoms. The average molecular weight is 322 g/mol.